The average Bonchev–Trinajstić information content (AvgIpc) is 2.13. The first-order valence-electron chi connectivity index (χ1n) is 6.37. The molecule has 0 unspecified atom stereocenters. The van der Waals surface area contributed by atoms with Gasteiger partial charge in [-0.15, -0.1) is 0 Å². The topological polar surface area (TPSA) is 37.3 Å². The van der Waals surface area contributed by atoms with E-state index < -0.39 is 5.97 Å². The van der Waals surface area contributed by atoms with Gasteiger partial charge in [-0.1, -0.05) is 53.7 Å². The van der Waals surface area contributed by atoms with Crippen molar-refractivity contribution in [1.82, 2.24) is 0 Å². The molecule has 0 atom stereocenters. The van der Waals surface area contributed by atoms with Crippen LogP contribution in [0.2, 0.25) is 0 Å². The molecule has 0 heterocycles. The molecule has 0 saturated carbocycles. The van der Waals surface area contributed by atoms with Gasteiger partial charge in [0.1, 0.15) is 0 Å². The number of rotatable bonds is 2. The smallest absolute Gasteiger partial charge is 0.335 e. The molecule has 2 heteroatoms. The Hall–Kier alpha value is -1.31. The van der Waals surface area contributed by atoms with Crippen molar-refractivity contribution in [2.24, 2.45) is 5.41 Å². The first-order chi connectivity index (χ1) is 8.00. The first kappa shape index (κ1) is 14.7. The summed E-state index contributed by atoms with van der Waals surface area (Å²) in [7, 11) is 0. The summed E-state index contributed by atoms with van der Waals surface area (Å²) >= 11 is 0. The van der Waals surface area contributed by atoms with Crippen molar-refractivity contribution >= 4 is 5.97 Å². The third-order valence-corrected chi connectivity index (χ3v) is 2.93. The molecule has 18 heavy (non-hydrogen) atoms. The zero-order valence-electron chi connectivity index (χ0n) is 12.3. The van der Waals surface area contributed by atoms with Gasteiger partial charge in [0.05, 0.1) is 5.56 Å². The molecule has 0 saturated heterocycles. The molecule has 0 bridgehead atoms. The molecule has 1 N–H and O–H groups in total. The second kappa shape index (κ2) is 4.75. The van der Waals surface area contributed by atoms with Gasteiger partial charge in [0.25, 0.3) is 0 Å². The van der Waals surface area contributed by atoms with Crippen LogP contribution in [0.15, 0.2) is 18.2 Å². The minimum atomic E-state index is -0.833. The van der Waals surface area contributed by atoms with Crippen molar-refractivity contribution in [3.63, 3.8) is 0 Å². The van der Waals surface area contributed by atoms with E-state index in [2.05, 4.69) is 41.5 Å². The predicted molar refractivity (Wildman–Crippen MR) is 75.3 cm³/mol. The third kappa shape index (κ3) is 3.86. The molecule has 0 fully saturated rings. The lowest BCUT2D eigenvalue weighted by molar-refractivity contribution is 0.0695. The largest absolute Gasteiger partial charge is 0.478 e. The summed E-state index contributed by atoms with van der Waals surface area (Å²) in [4.78, 5) is 11.4. The van der Waals surface area contributed by atoms with Crippen molar-refractivity contribution in [3.8, 4) is 0 Å². The molecular weight excluding hydrogens is 224 g/mol. The van der Waals surface area contributed by atoms with Crippen molar-refractivity contribution in [1.29, 1.82) is 0 Å². The standard InChI is InChI=1S/C16H24O2/c1-15(2,3)10-11-7-8-12(16(4,5)6)9-13(11)14(17)18/h7-9H,10H2,1-6H3,(H,17,18). The fraction of sp³-hybridized carbons (Fsp3) is 0.562. The lowest BCUT2D eigenvalue weighted by Gasteiger charge is -2.23. The number of hydrogen-bond acceptors (Lipinski definition) is 1. The Morgan fingerprint density at radius 3 is 2.06 bits per heavy atom. The van der Waals surface area contributed by atoms with Crippen molar-refractivity contribution < 1.29 is 9.90 Å². The lowest BCUT2D eigenvalue weighted by atomic mass is 9.82. The van der Waals surface area contributed by atoms with Gasteiger partial charge in [0.15, 0.2) is 0 Å². The van der Waals surface area contributed by atoms with Crippen LogP contribution >= 0.6 is 0 Å². The van der Waals surface area contributed by atoms with E-state index in [1.165, 1.54) is 0 Å². The lowest BCUT2D eigenvalue weighted by Crippen LogP contribution is -2.16. The second-order valence-electron chi connectivity index (χ2n) is 7.16. The molecule has 0 aliphatic heterocycles. The predicted octanol–water partition coefficient (Wildman–Crippen LogP) is 4.27. The molecule has 0 spiro atoms. The van der Waals surface area contributed by atoms with Gasteiger partial charge in [0.2, 0.25) is 0 Å². The van der Waals surface area contributed by atoms with Crippen LogP contribution in [0.5, 0.6) is 0 Å². The van der Waals surface area contributed by atoms with Gasteiger partial charge in [-0.25, -0.2) is 4.79 Å². The number of benzene rings is 1. The number of aromatic carboxylic acids is 1. The molecule has 0 aromatic heterocycles. The van der Waals surface area contributed by atoms with E-state index in [4.69, 9.17) is 0 Å². The Labute approximate surface area is 110 Å². The highest BCUT2D eigenvalue weighted by Crippen LogP contribution is 2.28. The van der Waals surface area contributed by atoms with Gasteiger partial charge < -0.3 is 5.11 Å². The fourth-order valence-electron chi connectivity index (χ4n) is 1.97. The summed E-state index contributed by atoms with van der Waals surface area (Å²) in [5.74, 6) is -0.833. The van der Waals surface area contributed by atoms with E-state index in [1.807, 2.05) is 18.2 Å². The molecule has 0 aliphatic carbocycles. The molecule has 0 radical (unpaired) electrons. The van der Waals surface area contributed by atoms with Crippen LogP contribution in [0.1, 0.15) is 63.0 Å². The monoisotopic (exact) mass is 248 g/mol. The fourth-order valence-corrected chi connectivity index (χ4v) is 1.97. The third-order valence-electron chi connectivity index (χ3n) is 2.93. The highest BCUT2D eigenvalue weighted by Gasteiger charge is 2.21. The molecular formula is C16H24O2. The minimum absolute atomic E-state index is 0.0234. The molecule has 1 aromatic rings. The zero-order valence-corrected chi connectivity index (χ0v) is 12.3. The van der Waals surface area contributed by atoms with Crippen LogP contribution in [-0.2, 0) is 11.8 Å². The minimum Gasteiger partial charge on any atom is -0.478 e. The van der Waals surface area contributed by atoms with Crippen LogP contribution in [0.25, 0.3) is 0 Å². The Kier molecular flexibility index (Phi) is 3.89. The first-order valence-corrected chi connectivity index (χ1v) is 6.37. The van der Waals surface area contributed by atoms with E-state index >= 15 is 0 Å². The molecule has 100 valence electrons. The molecule has 0 amide bonds. The zero-order chi connectivity index (χ0) is 14.1. The van der Waals surface area contributed by atoms with Crippen LogP contribution < -0.4 is 0 Å². The summed E-state index contributed by atoms with van der Waals surface area (Å²) in [6, 6.07) is 5.84. The highest BCUT2D eigenvalue weighted by atomic mass is 16.4. The molecule has 0 aliphatic rings. The summed E-state index contributed by atoms with van der Waals surface area (Å²) in [5, 5.41) is 9.35. The van der Waals surface area contributed by atoms with Gasteiger partial charge in [0, 0.05) is 0 Å². The normalized spacial score (nSPS) is 12.6. The van der Waals surface area contributed by atoms with Crippen molar-refractivity contribution in [3.05, 3.63) is 34.9 Å². The van der Waals surface area contributed by atoms with Gasteiger partial charge in [-0.05, 0) is 34.4 Å². The van der Waals surface area contributed by atoms with Crippen LogP contribution in [-0.4, -0.2) is 11.1 Å². The second-order valence-corrected chi connectivity index (χ2v) is 7.16. The van der Waals surface area contributed by atoms with Crippen molar-refractivity contribution in [2.75, 3.05) is 0 Å². The number of carboxylic acids is 1. The maximum absolute atomic E-state index is 11.4. The highest BCUT2D eigenvalue weighted by molar-refractivity contribution is 5.89. The van der Waals surface area contributed by atoms with E-state index in [9.17, 15) is 9.90 Å². The van der Waals surface area contributed by atoms with Crippen molar-refractivity contribution in [2.45, 2.75) is 53.4 Å². The number of carbonyl (C=O) groups is 1. The quantitative estimate of drug-likeness (QED) is 0.848. The van der Waals surface area contributed by atoms with Crippen LogP contribution in [0.3, 0.4) is 0 Å². The van der Waals surface area contributed by atoms with Crippen LogP contribution in [0, 0.1) is 5.41 Å². The molecule has 2 nitrogen and oxygen atoms in total. The summed E-state index contributed by atoms with van der Waals surface area (Å²) in [6.07, 6.45) is 0.777. The van der Waals surface area contributed by atoms with E-state index in [0.29, 0.717) is 5.56 Å². The number of carboxylic acid groups (broad SMARTS) is 1. The number of hydrogen-bond donors (Lipinski definition) is 1. The summed E-state index contributed by atoms with van der Waals surface area (Å²) < 4.78 is 0. The van der Waals surface area contributed by atoms with Crippen LogP contribution in [0.4, 0.5) is 0 Å². The van der Waals surface area contributed by atoms with E-state index in [0.717, 1.165) is 17.5 Å². The summed E-state index contributed by atoms with van der Waals surface area (Å²) in [5.41, 5.74) is 2.50. The molecule has 1 rings (SSSR count). The average molecular weight is 248 g/mol. The van der Waals surface area contributed by atoms with Gasteiger partial charge in [-0.2, -0.15) is 0 Å². The Morgan fingerprint density at radius 2 is 1.67 bits per heavy atom. The van der Waals surface area contributed by atoms with Gasteiger partial charge in [-0.3, -0.25) is 0 Å². The Morgan fingerprint density at radius 1 is 1.11 bits per heavy atom. The maximum atomic E-state index is 11.4. The van der Waals surface area contributed by atoms with E-state index in [-0.39, 0.29) is 10.8 Å². The SMILES string of the molecule is CC(C)(C)Cc1ccc(C(C)(C)C)cc1C(=O)O. The Bertz CT molecular complexity index is 445. The molecule has 1 aromatic carbocycles. The summed E-state index contributed by atoms with van der Waals surface area (Å²) in [6.45, 7) is 12.6. The van der Waals surface area contributed by atoms with E-state index in [1.54, 1.807) is 0 Å². The maximum Gasteiger partial charge on any atom is 0.335 e. The Balaban J connectivity index is 3.26. The van der Waals surface area contributed by atoms with Gasteiger partial charge >= 0.3 is 5.97 Å².